The molecule has 1 heterocycles. The summed E-state index contributed by atoms with van der Waals surface area (Å²) in [5, 5.41) is 10.9. The maximum Gasteiger partial charge on any atom is 0.263 e. The number of carbonyl (C=O) groups is 1. The summed E-state index contributed by atoms with van der Waals surface area (Å²) < 4.78 is 27.2. The van der Waals surface area contributed by atoms with Gasteiger partial charge in [0.1, 0.15) is 0 Å². The van der Waals surface area contributed by atoms with Gasteiger partial charge in [-0.25, -0.2) is 8.42 Å². The topological polar surface area (TPSA) is 101 Å². The van der Waals surface area contributed by atoms with E-state index in [-0.39, 0.29) is 16.5 Å². The molecule has 0 saturated carbocycles. The lowest BCUT2D eigenvalue weighted by Gasteiger charge is -2.09. The quantitative estimate of drug-likeness (QED) is 0.633. The van der Waals surface area contributed by atoms with Gasteiger partial charge in [-0.3, -0.25) is 9.52 Å². The number of aryl methyl sites for hydroxylation is 1. The highest BCUT2D eigenvalue weighted by molar-refractivity contribution is 7.92. The molecule has 138 valence electrons. The number of rotatable bonds is 6. The van der Waals surface area contributed by atoms with E-state index in [0.717, 1.165) is 11.3 Å². The number of hydrogen-bond acceptors (Lipinski definition) is 6. The largest absolute Gasteiger partial charge is 0.339 e. The molecule has 0 radical (unpaired) electrons. The number of Topliss-reactive ketones (excluding diaryl/α,β-unsaturated/α-hetero) is 1. The lowest BCUT2D eigenvalue weighted by molar-refractivity contribution is 0.101. The standard InChI is InChI=1S/C19H18N4O3S/c1-13-4-3-5-17(12-13)27(25,26)23-19-11-10-18(21-22-19)20-16-8-6-15(7-9-16)14(2)24/h3-12H,1-2H3,(H,20,21)(H,22,23). The highest BCUT2D eigenvalue weighted by atomic mass is 32.2. The smallest absolute Gasteiger partial charge is 0.263 e. The normalized spacial score (nSPS) is 11.0. The number of carbonyl (C=O) groups excluding carboxylic acids is 1. The van der Waals surface area contributed by atoms with Gasteiger partial charge in [0.25, 0.3) is 10.0 Å². The molecule has 27 heavy (non-hydrogen) atoms. The third-order valence-electron chi connectivity index (χ3n) is 3.77. The lowest BCUT2D eigenvalue weighted by Crippen LogP contribution is -2.14. The number of nitrogens with zero attached hydrogens (tertiary/aromatic N) is 2. The Balaban J connectivity index is 1.70. The van der Waals surface area contributed by atoms with Crippen molar-refractivity contribution in [2.24, 2.45) is 0 Å². The predicted molar refractivity (Wildman–Crippen MR) is 104 cm³/mol. The van der Waals surface area contributed by atoms with Crippen LogP contribution in [-0.4, -0.2) is 24.4 Å². The Kier molecular flexibility index (Phi) is 5.18. The Hall–Kier alpha value is -3.26. The van der Waals surface area contributed by atoms with Gasteiger partial charge in [-0.05, 0) is 67.9 Å². The predicted octanol–water partition coefficient (Wildman–Crippen LogP) is 3.53. The molecule has 0 spiro atoms. The fourth-order valence-electron chi connectivity index (χ4n) is 2.37. The first-order chi connectivity index (χ1) is 12.8. The molecule has 1 aromatic heterocycles. The van der Waals surface area contributed by atoms with Crippen molar-refractivity contribution in [1.29, 1.82) is 0 Å². The van der Waals surface area contributed by atoms with Crippen LogP contribution in [0.4, 0.5) is 17.3 Å². The molecule has 7 nitrogen and oxygen atoms in total. The van der Waals surface area contributed by atoms with E-state index in [1.165, 1.54) is 19.1 Å². The molecule has 0 unspecified atom stereocenters. The monoisotopic (exact) mass is 382 g/mol. The Morgan fingerprint density at radius 1 is 0.926 bits per heavy atom. The molecule has 0 saturated heterocycles. The first-order valence-corrected chi connectivity index (χ1v) is 9.63. The van der Waals surface area contributed by atoms with E-state index in [4.69, 9.17) is 0 Å². The fraction of sp³-hybridized carbons (Fsp3) is 0.105. The van der Waals surface area contributed by atoms with E-state index in [1.807, 2.05) is 13.0 Å². The Morgan fingerprint density at radius 3 is 2.19 bits per heavy atom. The Labute approximate surface area is 157 Å². The van der Waals surface area contributed by atoms with Gasteiger partial charge in [0.2, 0.25) is 0 Å². The van der Waals surface area contributed by atoms with Crippen molar-refractivity contribution in [2.45, 2.75) is 18.7 Å². The van der Waals surface area contributed by atoms with Gasteiger partial charge in [-0.15, -0.1) is 10.2 Å². The van der Waals surface area contributed by atoms with E-state index < -0.39 is 10.0 Å². The Bertz CT molecular complexity index is 1060. The summed E-state index contributed by atoms with van der Waals surface area (Å²) in [6.45, 7) is 3.33. The van der Waals surface area contributed by atoms with Crippen LogP contribution in [0, 0.1) is 6.92 Å². The number of hydrogen-bond donors (Lipinski definition) is 2. The van der Waals surface area contributed by atoms with Crippen molar-refractivity contribution < 1.29 is 13.2 Å². The van der Waals surface area contributed by atoms with Crippen molar-refractivity contribution in [1.82, 2.24) is 10.2 Å². The number of nitrogens with one attached hydrogen (secondary N) is 2. The van der Waals surface area contributed by atoms with Gasteiger partial charge in [-0.2, -0.15) is 0 Å². The first-order valence-electron chi connectivity index (χ1n) is 8.15. The molecule has 0 bridgehead atoms. The van der Waals surface area contributed by atoms with Gasteiger partial charge in [-0.1, -0.05) is 12.1 Å². The maximum absolute atomic E-state index is 12.4. The van der Waals surface area contributed by atoms with E-state index in [2.05, 4.69) is 20.2 Å². The summed E-state index contributed by atoms with van der Waals surface area (Å²) in [5.74, 6) is 0.560. The molecule has 2 N–H and O–H groups in total. The van der Waals surface area contributed by atoms with Crippen LogP contribution in [0.15, 0.2) is 65.6 Å². The molecule has 0 fully saturated rings. The number of aromatic nitrogens is 2. The molecule has 3 rings (SSSR count). The van der Waals surface area contributed by atoms with Crippen LogP contribution in [0.5, 0.6) is 0 Å². The van der Waals surface area contributed by atoms with Crippen LogP contribution < -0.4 is 10.0 Å². The van der Waals surface area contributed by atoms with Crippen LogP contribution in [0.25, 0.3) is 0 Å². The molecule has 0 atom stereocenters. The second-order valence-corrected chi connectivity index (χ2v) is 7.67. The summed E-state index contributed by atoms with van der Waals surface area (Å²) >= 11 is 0. The third kappa shape index (κ3) is 4.68. The lowest BCUT2D eigenvalue weighted by atomic mass is 10.1. The maximum atomic E-state index is 12.4. The second-order valence-electron chi connectivity index (χ2n) is 5.98. The summed E-state index contributed by atoms with van der Waals surface area (Å²) in [5.41, 5.74) is 2.20. The molecule has 8 heteroatoms. The zero-order chi connectivity index (χ0) is 19.4. The minimum absolute atomic E-state index is 0.00779. The average molecular weight is 382 g/mol. The van der Waals surface area contributed by atoms with Crippen LogP contribution in [0.1, 0.15) is 22.8 Å². The zero-order valence-corrected chi connectivity index (χ0v) is 15.6. The number of sulfonamides is 1. The minimum Gasteiger partial charge on any atom is -0.339 e. The van der Waals surface area contributed by atoms with Crippen molar-refractivity contribution in [3.05, 3.63) is 71.8 Å². The summed E-state index contributed by atoms with van der Waals surface area (Å²) in [4.78, 5) is 11.5. The molecule has 0 aliphatic rings. The van der Waals surface area contributed by atoms with Crippen LogP contribution in [0.2, 0.25) is 0 Å². The minimum atomic E-state index is -3.73. The third-order valence-corrected chi connectivity index (χ3v) is 5.12. The zero-order valence-electron chi connectivity index (χ0n) is 14.8. The second kappa shape index (κ2) is 7.55. The van der Waals surface area contributed by atoms with E-state index in [1.54, 1.807) is 42.5 Å². The van der Waals surface area contributed by atoms with Crippen molar-refractivity contribution in [2.75, 3.05) is 10.0 Å². The number of benzene rings is 2. The Morgan fingerprint density at radius 2 is 1.59 bits per heavy atom. The van der Waals surface area contributed by atoms with Crippen molar-refractivity contribution >= 4 is 33.1 Å². The fourth-order valence-corrected chi connectivity index (χ4v) is 3.47. The number of anilines is 3. The molecule has 0 aliphatic heterocycles. The summed E-state index contributed by atoms with van der Waals surface area (Å²) in [6.07, 6.45) is 0. The SMILES string of the molecule is CC(=O)c1ccc(Nc2ccc(NS(=O)(=O)c3cccc(C)c3)nn2)cc1. The van der Waals surface area contributed by atoms with Gasteiger partial charge in [0.05, 0.1) is 4.90 Å². The summed E-state index contributed by atoms with van der Waals surface area (Å²) in [6, 6.07) is 16.7. The van der Waals surface area contributed by atoms with Gasteiger partial charge in [0, 0.05) is 11.3 Å². The molecule has 0 aliphatic carbocycles. The van der Waals surface area contributed by atoms with E-state index >= 15 is 0 Å². The molecular formula is C19H18N4O3S. The highest BCUT2D eigenvalue weighted by Crippen LogP contribution is 2.18. The van der Waals surface area contributed by atoms with Crippen LogP contribution in [-0.2, 0) is 10.0 Å². The van der Waals surface area contributed by atoms with Crippen molar-refractivity contribution in [3.63, 3.8) is 0 Å². The number of ketones is 1. The molecule has 3 aromatic rings. The highest BCUT2D eigenvalue weighted by Gasteiger charge is 2.15. The van der Waals surface area contributed by atoms with Gasteiger partial charge in [0.15, 0.2) is 17.4 Å². The average Bonchev–Trinajstić information content (AvgIpc) is 2.63. The van der Waals surface area contributed by atoms with Gasteiger partial charge < -0.3 is 5.32 Å². The van der Waals surface area contributed by atoms with Crippen LogP contribution >= 0.6 is 0 Å². The molecular weight excluding hydrogens is 364 g/mol. The van der Waals surface area contributed by atoms with Crippen LogP contribution in [0.3, 0.4) is 0 Å². The molecule has 0 amide bonds. The van der Waals surface area contributed by atoms with Gasteiger partial charge >= 0.3 is 0 Å². The molecule has 2 aromatic carbocycles. The van der Waals surface area contributed by atoms with E-state index in [9.17, 15) is 13.2 Å². The van der Waals surface area contributed by atoms with Crippen molar-refractivity contribution in [3.8, 4) is 0 Å². The van der Waals surface area contributed by atoms with E-state index in [0.29, 0.717) is 11.4 Å². The first kappa shape index (κ1) is 18.5. The summed E-state index contributed by atoms with van der Waals surface area (Å²) in [7, 11) is -3.73.